The number of nitrogens with one attached hydrogen (secondary N) is 1. The number of hydrogen-bond acceptors (Lipinski definition) is 1. The maximum absolute atomic E-state index is 12.1. The van der Waals surface area contributed by atoms with Crippen LogP contribution in [0.5, 0.6) is 0 Å². The molecule has 1 N–H and O–H groups in total. The van der Waals surface area contributed by atoms with Crippen molar-refractivity contribution in [1.82, 2.24) is 0 Å². The second-order valence-corrected chi connectivity index (χ2v) is 5.78. The topological polar surface area (TPSA) is 29.1 Å². The van der Waals surface area contributed by atoms with Crippen molar-refractivity contribution >= 4 is 62.3 Å². The van der Waals surface area contributed by atoms with Gasteiger partial charge in [-0.1, -0.05) is 40.9 Å². The first-order chi connectivity index (χ1) is 8.99. The van der Waals surface area contributed by atoms with Crippen molar-refractivity contribution < 1.29 is 4.79 Å². The lowest BCUT2D eigenvalue weighted by Crippen LogP contribution is -2.13. The molecule has 2 aromatic rings. The largest absolute Gasteiger partial charge is 0.319 e. The number of carbonyl (C=O) groups is 1. The third-order valence-corrected chi connectivity index (χ3v) is 3.90. The van der Waals surface area contributed by atoms with E-state index in [1.807, 2.05) is 0 Å². The Morgan fingerprint density at radius 1 is 1.05 bits per heavy atom. The number of hydrogen-bond donors (Lipinski definition) is 1. The summed E-state index contributed by atoms with van der Waals surface area (Å²) >= 11 is 21.1. The van der Waals surface area contributed by atoms with Gasteiger partial charge in [-0.15, -0.1) is 0 Å². The van der Waals surface area contributed by atoms with Gasteiger partial charge in [0.1, 0.15) is 0 Å². The van der Waals surface area contributed by atoms with E-state index in [4.69, 9.17) is 34.8 Å². The van der Waals surface area contributed by atoms with Crippen LogP contribution in [-0.2, 0) is 0 Å². The highest BCUT2D eigenvalue weighted by molar-refractivity contribution is 9.10. The number of rotatable bonds is 2. The van der Waals surface area contributed by atoms with Gasteiger partial charge in [0.2, 0.25) is 0 Å². The summed E-state index contributed by atoms with van der Waals surface area (Å²) in [6, 6.07) is 9.91. The molecule has 0 heterocycles. The van der Waals surface area contributed by atoms with Crippen LogP contribution < -0.4 is 5.32 Å². The second-order valence-electron chi connectivity index (χ2n) is 3.67. The summed E-state index contributed by atoms with van der Waals surface area (Å²) in [5.74, 6) is -0.321. The van der Waals surface area contributed by atoms with Gasteiger partial charge in [0.25, 0.3) is 5.91 Å². The predicted octanol–water partition coefficient (Wildman–Crippen LogP) is 5.66. The van der Waals surface area contributed by atoms with E-state index in [1.165, 1.54) is 0 Å². The number of carbonyl (C=O) groups excluding carboxylic acids is 1. The first-order valence-electron chi connectivity index (χ1n) is 5.19. The van der Waals surface area contributed by atoms with Gasteiger partial charge < -0.3 is 5.32 Å². The normalized spacial score (nSPS) is 10.3. The standard InChI is InChI=1S/C13H7BrCl3NO/c14-9-6-7(15)4-5-8(9)13(19)18-12-10(16)2-1-3-11(12)17/h1-6H,(H,18,19). The SMILES string of the molecule is O=C(Nc1c(Cl)cccc1Cl)c1ccc(Cl)cc1Br. The van der Waals surface area contributed by atoms with Gasteiger partial charge in [-0.25, -0.2) is 0 Å². The Bertz CT molecular complexity index is 626. The molecule has 0 saturated carbocycles. The van der Waals surface area contributed by atoms with Crippen molar-refractivity contribution in [2.75, 3.05) is 5.32 Å². The van der Waals surface area contributed by atoms with Gasteiger partial charge in [-0.3, -0.25) is 4.79 Å². The van der Waals surface area contributed by atoms with Gasteiger partial charge in [0.05, 0.1) is 21.3 Å². The van der Waals surface area contributed by atoms with Crippen molar-refractivity contribution in [1.29, 1.82) is 0 Å². The molecule has 0 atom stereocenters. The lowest BCUT2D eigenvalue weighted by molar-refractivity contribution is 0.102. The van der Waals surface area contributed by atoms with Gasteiger partial charge in [-0.05, 0) is 46.3 Å². The number of benzene rings is 2. The molecule has 2 rings (SSSR count). The number of para-hydroxylation sites is 1. The smallest absolute Gasteiger partial charge is 0.256 e. The first-order valence-corrected chi connectivity index (χ1v) is 7.12. The van der Waals surface area contributed by atoms with Crippen LogP contribution in [0.4, 0.5) is 5.69 Å². The summed E-state index contributed by atoms with van der Waals surface area (Å²) in [5, 5.41) is 3.98. The molecule has 98 valence electrons. The van der Waals surface area contributed by atoms with E-state index in [0.717, 1.165) is 0 Å². The average molecular weight is 379 g/mol. The number of halogens is 4. The van der Waals surface area contributed by atoms with Crippen molar-refractivity contribution in [3.63, 3.8) is 0 Å². The molecule has 6 heteroatoms. The predicted molar refractivity (Wildman–Crippen MR) is 83.6 cm³/mol. The molecule has 0 aromatic heterocycles. The zero-order valence-electron chi connectivity index (χ0n) is 9.38. The Morgan fingerprint density at radius 2 is 1.68 bits per heavy atom. The molecular weight excluding hydrogens is 372 g/mol. The fraction of sp³-hybridized carbons (Fsp3) is 0. The monoisotopic (exact) mass is 377 g/mol. The molecule has 19 heavy (non-hydrogen) atoms. The van der Waals surface area contributed by atoms with Gasteiger partial charge in [-0.2, -0.15) is 0 Å². The lowest BCUT2D eigenvalue weighted by Gasteiger charge is -2.10. The van der Waals surface area contributed by atoms with E-state index in [9.17, 15) is 4.79 Å². The molecule has 0 aliphatic heterocycles. The fourth-order valence-corrected chi connectivity index (χ4v) is 2.83. The van der Waals surface area contributed by atoms with Gasteiger partial charge in [0, 0.05) is 9.50 Å². The maximum Gasteiger partial charge on any atom is 0.256 e. The van der Waals surface area contributed by atoms with E-state index in [0.29, 0.717) is 30.8 Å². The highest BCUT2D eigenvalue weighted by Crippen LogP contribution is 2.31. The molecule has 0 saturated heterocycles. The van der Waals surface area contributed by atoms with Crippen LogP contribution in [0, 0.1) is 0 Å². The van der Waals surface area contributed by atoms with Crippen LogP contribution in [0.25, 0.3) is 0 Å². The summed E-state index contributed by atoms with van der Waals surface area (Å²) < 4.78 is 0.598. The summed E-state index contributed by atoms with van der Waals surface area (Å²) in [5.41, 5.74) is 0.832. The molecular formula is C13H7BrCl3NO. The Hall–Kier alpha value is -0.740. The third kappa shape index (κ3) is 3.42. The van der Waals surface area contributed by atoms with E-state index < -0.39 is 0 Å². The highest BCUT2D eigenvalue weighted by Gasteiger charge is 2.14. The van der Waals surface area contributed by atoms with Gasteiger partial charge in [0.15, 0.2) is 0 Å². The zero-order valence-corrected chi connectivity index (χ0v) is 13.2. The van der Waals surface area contributed by atoms with Crippen LogP contribution >= 0.6 is 50.7 Å². The minimum Gasteiger partial charge on any atom is -0.319 e. The number of amides is 1. The molecule has 0 bridgehead atoms. The van der Waals surface area contributed by atoms with Crippen LogP contribution in [0.2, 0.25) is 15.1 Å². The minimum absolute atomic E-state index is 0.321. The first kappa shape index (κ1) is 14.7. The molecule has 0 spiro atoms. The minimum atomic E-state index is -0.321. The van der Waals surface area contributed by atoms with Crippen LogP contribution in [0.1, 0.15) is 10.4 Å². The summed E-state index contributed by atoms with van der Waals surface area (Å²) in [6.45, 7) is 0. The summed E-state index contributed by atoms with van der Waals surface area (Å²) in [7, 11) is 0. The zero-order chi connectivity index (χ0) is 14.0. The van der Waals surface area contributed by atoms with Gasteiger partial charge >= 0.3 is 0 Å². The Morgan fingerprint density at radius 3 is 2.26 bits per heavy atom. The van der Waals surface area contributed by atoms with Crippen LogP contribution in [0.15, 0.2) is 40.9 Å². The molecule has 0 fully saturated rings. The third-order valence-electron chi connectivity index (χ3n) is 2.38. The van der Waals surface area contributed by atoms with E-state index in [1.54, 1.807) is 36.4 Å². The van der Waals surface area contributed by atoms with Crippen molar-refractivity contribution in [3.05, 3.63) is 61.5 Å². The Labute approximate surface area is 133 Å². The molecule has 2 nitrogen and oxygen atoms in total. The van der Waals surface area contributed by atoms with Crippen LogP contribution in [0.3, 0.4) is 0 Å². The van der Waals surface area contributed by atoms with Crippen molar-refractivity contribution in [3.8, 4) is 0 Å². The van der Waals surface area contributed by atoms with E-state index >= 15 is 0 Å². The van der Waals surface area contributed by atoms with E-state index in [2.05, 4.69) is 21.2 Å². The molecule has 0 aliphatic rings. The molecule has 0 radical (unpaired) electrons. The Kier molecular flexibility index (Phi) is 4.74. The Balaban J connectivity index is 2.31. The van der Waals surface area contributed by atoms with Crippen molar-refractivity contribution in [2.45, 2.75) is 0 Å². The molecule has 0 aliphatic carbocycles. The highest BCUT2D eigenvalue weighted by atomic mass is 79.9. The summed E-state index contributed by atoms with van der Waals surface area (Å²) in [6.07, 6.45) is 0. The molecule has 2 aromatic carbocycles. The summed E-state index contributed by atoms with van der Waals surface area (Å²) in [4.78, 5) is 12.1. The molecule has 1 amide bonds. The molecule has 0 unspecified atom stereocenters. The lowest BCUT2D eigenvalue weighted by atomic mass is 10.2. The average Bonchev–Trinajstić information content (AvgIpc) is 2.33. The van der Waals surface area contributed by atoms with Crippen molar-refractivity contribution in [2.24, 2.45) is 0 Å². The number of anilines is 1. The second kappa shape index (κ2) is 6.14. The van der Waals surface area contributed by atoms with Crippen LogP contribution in [-0.4, -0.2) is 5.91 Å². The maximum atomic E-state index is 12.1. The quantitative estimate of drug-likeness (QED) is 0.716. The van der Waals surface area contributed by atoms with E-state index in [-0.39, 0.29) is 5.91 Å². The fourth-order valence-electron chi connectivity index (χ4n) is 1.47.